The van der Waals surface area contributed by atoms with Gasteiger partial charge in [0.1, 0.15) is 6.61 Å². The van der Waals surface area contributed by atoms with Gasteiger partial charge in [-0.15, -0.1) is 6.42 Å². The Hall–Kier alpha value is -0.780. The molecule has 0 aromatic carbocycles. The van der Waals surface area contributed by atoms with Crippen molar-refractivity contribution in [3.8, 4) is 12.3 Å². The number of aliphatic hydroxyl groups excluding tert-OH is 1. The van der Waals surface area contributed by atoms with Gasteiger partial charge in [0.25, 0.3) is 0 Å². The van der Waals surface area contributed by atoms with Crippen LogP contribution in [0.15, 0.2) is 12.7 Å². The van der Waals surface area contributed by atoms with Crippen molar-refractivity contribution in [2.45, 2.75) is 6.29 Å². The van der Waals surface area contributed by atoms with Crippen molar-refractivity contribution >= 4 is 0 Å². The third kappa shape index (κ3) is 3.41. The van der Waals surface area contributed by atoms with Crippen molar-refractivity contribution in [3.05, 3.63) is 12.7 Å². The van der Waals surface area contributed by atoms with Crippen molar-refractivity contribution < 1.29 is 9.84 Å². The Kier molecular flexibility index (Phi) is 3.95. The lowest BCUT2D eigenvalue weighted by Crippen LogP contribution is -2.07. The Labute approximate surface area is 48.8 Å². The zero-order valence-corrected chi connectivity index (χ0v) is 4.50. The first kappa shape index (κ1) is 7.22. The monoisotopic (exact) mass is 112 g/mol. The van der Waals surface area contributed by atoms with E-state index in [2.05, 4.69) is 17.2 Å². The van der Waals surface area contributed by atoms with Gasteiger partial charge >= 0.3 is 0 Å². The lowest BCUT2D eigenvalue weighted by atomic mass is 10.6. The normalized spacial score (nSPS) is 12.0. The van der Waals surface area contributed by atoms with E-state index >= 15 is 0 Å². The van der Waals surface area contributed by atoms with Gasteiger partial charge in [-0.2, -0.15) is 0 Å². The second-order valence-electron chi connectivity index (χ2n) is 1.14. The van der Waals surface area contributed by atoms with E-state index in [1.165, 1.54) is 6.08 Å². The lowest BCUT2D eigenvalue weighted by molar-refractivity contribution is -0.0498. The first-order chi connectivity index (χ1) is 3.81. The van der Waals surface area contributed by atoms with Crippen molar-refractivity contribution in [1.29, 1.82) is 0 Å². The number of hydrogen-bond donors (Lipinski definition) is 1. The van der Waals surface area contributed by atoms with Crippen LogP contribution in [0.4, 0.5) is 0 Å². The predicted molar refractivity (Wildman–Crippen MR) is 31.0 cm³/mol. The van der Waals surface area contributed by atoms with Crippen LogP contribution in [0.3, 0.4) is 0 Å². The van der Waals surface area contributed by atoms with Gasteiger partial charge in [0.2, 0.25) is 0 Å². The summed E-state index contributed by atoms with van der Waals surface area (Å²) in [5.41, 5.74) is 0. The fourth-order valence-electron chi connectivity index (χ4n) is 0.202. The molecule has 0 saturated carbocycles. The molecular weight excluding hydrogens is 104 g/mol. The summed E-state index contributed by atoms with van der Waals surface area (Å²) in [7, 11) is 0. The topological polar surface area (TPSA) is 29.5 Å². The van der Waals surface area contributed by atoms with Gasteiger partial charge < -0.3 is 9.84 Å². The summed E-state index contributed by atoms with van der Waals surface area (Å²) < 4.78 is 4.54. The van der Waals surface area contributed by atoms with E-state index in [0.29, 0.717) is 0 Å². The third-order valence-electron chi connectivity index (χ3n) is 0.539. The molecule has 0 spiro atoms. The van der Waals surface area contributed by atoms with E-state index in [4.69, 9.17) is 11.5 Å². The van der Waals surface area contributed by atoms with Gasteiger partial charge in [0, 0.05) is 0 Å². The SMILES string of the molecule is C#CCOC(O)C=C. The molecule has 0 aromatic heterocycles. The average Bonchev–Trinajstić information content (AvgIpc) is 1.83. The van der Waals surface area contributed by atoms with E-state index in [1.807, 2.05) is 0 Å². The van der Waals surface area contributed by atoms with Crippen LogP contribution in [0.2, 0.25) is 0 Å². The van der Waals surface area contributed by atoms with Crippen LogP contribution < -0.4 is 0 Å². The number of hydrogen-bond acceptors (Lipinski definition) is 2. The third-order valence-corrected chi connectivity index (χ3v) is 0.539. The predicted octanol–water partition coefficient (Wildman–Crippen LogP) is 0.141. The Morgan fingerprint density at radius 3 is 3.00 bits per heavy atom. The zero-order valence-electron chi connectivity index (χ0n) is 4.50. The second kappa shape index (κ2) is 4.38. The van der Waals surface area contributed by atoms with E-state index in [1.54, 1.807) is 0 Å². The van der Waals surface area contributed by atoms with Crippen molar-refractivity contribution in [1.82, 2.24) is 0 Å². The molecule has 0 fully saturated rings. The molecule has 0 amide bonds. The Morgan fingerprint density at radius 1 is 2.00 bits per heavy atom. The molecule has 0 aliphatic heterocycles. The maximum absolute atomic E-state index is 8.55. The van der Waals surface area contributed by atoms with E-state index in [9.17, 15) is 0 Å². The van der Waals surface area contributed by atoms with Gasteiger partial charge in [-0.25, -0.2) is 0 Å². The van der Waals surface area contributed by atoms with Crippen LogP contribution in [0.5, 0.6) is 0 Å². The van der Waals surface area contributed by atoms with E-state index in [-0.39, 0.29) is 6.61 Å². The molecule has 0 saturated heterocycles. The summed E-state index contributed by atoms with van der Waals surface area (Å²) in [6.07, 6.45) is 5.15. The van der Waals surface area contributed by atoms with Crippen LogP contribution in [0.1, 0.15) is 0 Å². The van der Waals surface area contributed by atoms with Crippen molar-refractivity contribution in [2.24, 2.45) is 0 Å². The van der Waals surface area contributed by atoms with Crippen LogP contribution in [-0.4, -0.2) is 18.0 Å². The lowest BCUT2D eigenvalue weighted by Gasteiger charge is -2.00. The number of terminal acetylenes is 1. The molecule has 0 rings (SSSR count). The largest absolute Gasteiger partial charge is 0.365 e. The summed E-state index contributed by atoms with van der Waals surface area (Å²) in [6.45, 7) is 3.39. The number of ether oxygens (including phenoxy) is 1. The molecule has 1 atom stereocenters. The molecule has 0 radical (unpaired) electrons. The first-order valence-electron chi connectivity index (χ1n) is 2.17. The van der Waals surface area contributed by atoms with Crippen molar-refractivity contribution in [2.75, 3.05) is 6.61 Å². The highest BCUT2D eigenvalue weighted by molar-refractivity contribution is 4.84. The van der Waals surface area contributed by atoms with Gasteiger partial charge in [-0.05, 0) is 6.08 Å². The number of rotatable bonds is 3. The maximum atomic E-state index is 8.55. The van der Waals surface area contributed by atoms with Crippen molar-refractivity contribution in [3.63, 3.8) is 0 Å². The van der Waals surface area contributed by atoms with E-state index < -0.39 is 6.29 Å². The molecule has 0 bridgehead atoms. The summed E-state index contributed by atoms with van der Waals surface area (Å²) in [5.74, 6) is 2.20. The summed E-state index contributed by atoms with van der Waals surface area (Å²) in [5, 5.41) is 8.55. The highest BCUT2D eigenvalue weighted by atomic mass is 16.6. The molecule has 0 aliphatic rings. The molecule has 1 N–H and O–H groups in total. The van der Waals surface area contributed by atoms with Gasteiger partial charge in [-0.1, -0.05) is 12.5 Å². The Morgan fingerprint density at radius 2 is 2.62 bits per heavy atom. The summed E-state index contributed by atoms with van der Waals surface area (Å²) in [4.78, 5) is 0. The smallest absolute Gasteiger partial charge is 0.175 e. The molecule has 2 nitrogen and oxygen atoms in total. The minimum Gasteiger partial charge on any atom is -0.365 e. The summed E-state index contributed by atoms with van der Waals surface area (Å²) >= 11 is 0. The minimum absolute atomic E-state index is 0.118. The molecule has 0 heterocycles. The molecule has 0 aromatic rings. The molecule has 0 aliphatic carbocycles. The van der Waals surface area contributed by atoms with Gasteiger partial charge in [-0.3, -0.25) is 0 Å². The fraction of sp³-hybridized carbons (Fsp3) is 0.333. The van der Waals surface area contributed by atoms with Gasteiger partial charge in [0.15, 0.2) is 6.29 Å². The average molecular weight is 112 g/mol. The zero-order chi connectivity index (χ0) is 6.41. The van der Waals surface area contributed by atoms with Crippen LogP contribution in [-0.2, 0) is 4.74 Å². The first-order valence-corrected chi connectivity index (χ1v) is 2.17. The molecular formula is C6H8O2. The number of aliphatic hydroxyl groups is 1. The summed E-state index contributed by atoms with van der Waals surface area (Å²) in [6, 6.07) is 0. The molecule has 44 valence electrons. The Bertz CT molecular complexity index is 102. The van der Waals surface area contributed by atoms with Crippen LogP contribution in [0, 0.1) is 12.3 Å². The van der Waals surface area contributed by atoms with E-state index in [0.717, 1.165) is 0 Å². The molecule has 1 unspecified atom stereocenters. The standard InChI is InChI=1S/C6H8O2/c1-3-5-8-6(7)4-2/h1,4,6-7H,2,5H2. The van der Waals surface area contributed by atoms with Gasteiger partial charge in [0.05, 0.1) is 0 Å². The molecule has 8 heavy (non-hydrogen) atoms. The second-order valence-corrected chi connectivity index (χ2v) is 1.14. The van der Waals surface area contributed by atoms with Crippen LogP contribution in [0.25, 0.3) is 0 Å². The quantitative estimate of drug-likeness (QED) is 0.319. The fourth-order valence-corrected chi connectivity index (χ4v) is 0.202. The minimum atomic E-state index is -0.925. The highest BCUT2D eigenvalue weighted by Gasteiger charge is 1.91. The maximum Gasteiger partial charge on any atom is 0.175 e. The van der Waals surface area contributed by atoms with Crippen LogP contribution >= 0.6 is 0 Å². The molecule has 2 heteroatoms. The Balaban J connectivity index is 3.13. The highest BCUT2D eigenvalue weighted by Crippen LogP contribution is 1.83.